The molecule has 158 valence electrons. The molecule has 3 aromatic carbocycles. The number of nitrogens with one attached hydrogen (secondary N) is 1. The number of anilines is 2. The second-order valence-electron chi connectivity index (χ2n) is 7.41. The lowest BCUT2D eigenvalue weighted by atomic mass is 10.2. The number of benzene rings is 3. The van der Waals surface area contributed by atoms with Gasteiger partial charge in [0.1, 0.15) is 0 Å². The molecule has 0 radical (unpaired) electrons. The van der Waals surface area contributed by atoms with E-state index in [0.29, 0.717) is 11.1 Å². The highest BCUT2D eigenvalue weighted by Crippen LogP contribution is 2.66. The number of allylic oxidation sites excluding steroid dienone is 1. The molecule has 0 aliphatic carbocycles. The summed E-state index contributed by atoms with van der Waals surface area (Å²) in [5.41, 5.74) is 3.14. The van der Waals surface area contributed by atoms with Crippen molar-refractivity contribution in [2.24, 2.45) is 0 Å². The highest BCUT2D eigenvalue weighted by molar-refractivity contribution is 8.13. The Bertz CT molecular complexity index is 1040. The summed E-state index contributed by atoms with van der Waals surface area (Å²) in [4.78, 5) is 12.8. The third-order valence-corrected chi connectivity index (χ3v) is 9.61. The van der Waals surface area contributed by atoms with Crippen LogP contribution in [0.1, 0.15) is 12.0 Å². The van der Waals surface area contributed by atoms with E-state index in [4.69, 9.17) is 0 Å². The minimum Gasteiger partial charge on any atom is -0.318 e. The molecule has 0 atom stereocenters. The van der Waals surface area contributed by atoms with Crippen molar-refractivity contribution in [3.8, 4) is 0 Å². The summed E-state index contributed by atoms with van der Waals surface area (Å²) in [6.07, 6.45) is 0.210. The van der Waals surface area contributed by atoms with Crippen molar-refractivity contribution < 1.29 is 4.79 Å². The Hall–Kier alpha value is -2.75. The quantitative estimate of drug-likeness (QED) is 0.397. The summed E-state index contributed by atoms with van der Waals surface area (Å²) in [5, 5.41) is 10.4. The number of nitrogens with zero attached hydrogens (tertiary/aromatic N) is 2. The van der Waals surface area contributed by atoms with Crippen LogP contribution in [0.25, 0.3) is 0 Å². The van der Waals surface area contributed by atoms with Crippen molar-refractivity contribution in [3.05, 3.63) is 108 Å². The van der Waals surface area contributed by atoms with Gasteiger partial charge < -0.3 is 9.34 Å². The molecule has 6 heteroatoms. The van der Waals surface area contributed by atoms with Gasteiger partial charge in [0.05, 0.1) is 0 Å². The molecule has 1 heterocycles. The Morgan fingerprint density at radius 3 is 1.77 bits per heavy atom. The van der Waals surface area contributed by atoms with Crippen LogP contribution in [0.15, 0.2) is 103 Å². The van der Waals surface area contributed by atoms with E-state index in [1.54, 1.807) is 0 Å². The van der Waals surface area contributed by atoms with E-state index in [1.165, 1.54) is 11.8 Å². The fraction of sp³-hybridized carbons (Fsp3) is 0.160. The zero-order chi connectivity index (χ0) is 21.7. The van der Waals surface area contributed by atoms with Gasteiger partial charge in [-0.05, 0) is 29.8 Å². The predicted octanol–water partition coefficient (Wildman–Crippen LogP) is 6.99. The van der Waals surface area contributed by atoms with Crippen LogP contribution in [-0.4, -0.2) is 18.2 Å². The van der Waals surface area contributed by atoms with E-state index in [9.17, 15) is 9.96 Å². The van der Waals surface area contributed by atoms with Crippen LogP contribution in [-0.2, 0) is 10.5 Å². The first-order valence-corrected chi connectivity index (χ1v) is 13.0. The van der Waals surface area contributed by atoms with E-state index in [2.05, 4.69) is 15.9 Å². The molecule has 0 spiro atoms. The maximum absolute atomic E-state index is 12.8. The Morgan fingerprint density at radius 1 is 0.839 bits per heavy atom. The SMILES string of the molecule is C=C(CC(=O)SCc1ccccc1)P1(=N)N(c2ccccc2)CCN1c1ccccc1. The number of carbonyl (C=O) groups is 1. The van der Waals surface area contributed by atoms with Crippen LogP contribution >= 0.6 is 19.1 Å². The Morgan fingerprint density at radius 2 is 1.29 bits per heavy atom. The van der Waals surface area contributed by atoms with Crippen LogP contribution in [0.3, 0.4) is 0 Å². The van der Waals surface area contributed by atoms with Crippen molar-refractivity contribution in [1.82, 2.24) is 0 Å². The maximum Gasteiger partial charge on any atom is 0.193 e. The van der Waals surface area contributed by atoms with Crippen LogP contribution in [0.2, 0.25) is 0 Å². The van der Waals surface area contributed by atoms with Crippen molar-refractivity contribution >= 4 is 35.6 Å². The zero-order valence-corrected chi connectivity index (χ0v) is 19.1. The van der Waals surface area contributed by atoms with Gasteiger partial charge in [0.15, 0.2) is 12.5 Å². The first kappa shape index (κ1) is 21.5. The summed E-state index contributed by atoms with van der Waals surface area (Å²) in [7, 11) is -2.74. The molecule has 0 aromatic heterocycles. The number of hydrogen-bond donors (Lipinski definition) is 1. The first-order valence-electron chi connectivity index (χ1n) is 10.3. The van der Waals surface area contributed by atoms with Crippen molar-refractivity contribution in [2.45, 2.75) is 12.2 Å². The van der Waals surface area contributed by atoms with Crippen molar-refractivity contribution in [2.75, 3.05) is 22.4 Å². The maximum atomic E-state index is 12.8. The predicted molar refractivity (Wildman–Crippen MR) is 134 cm³/mol. The van der Waals surface area contributed by atoms with Crippen LogP contribution < -0.4 is 9.34 Å². The molecule has 1 aliphatic heterocycles. The van der Waals surface area contributed by atoms with Gasteiger partial charge in [0, 0.05) is 42.0 Å². The number of para-hydroxylation sites is 2. The number of hydrogen-bond acceptors (Lipinski definition) is 3. The fourth-order valence-corrected chi connectivity index (χ4v) is 7.71. The second-order valence-corrected chi connectivity index (χ2v) is 11.2. The molecular formula is C25H26N3OPS. The zero-order valence-electron chi connectivity index (χ0n) is 17.4. The third kappa shape index (κ3) is 4.63. The Balaban J connectivity index is 1.57. The lowest BCUT2D eigenvalue weighted by molar-refractivity contribution is -0.110. The summed E-state index contributed by atoms with van der Waals surface area (Å²) in [5.74, 6) is 0.640. The molecule has 4 rings (SSSR count). The molecule has 3 aromatic rings. The fourth-order valence-electron chi connectivity index (χ4n) is 3.81. The molecule has 4 nitrogen and oxygen atoms in total. The molecule has 0 unspecified atom stereocenters. The van der Waals surface area contributed by atoms with E-state index < -0.39 is 7.36 Å². The summed E-state index contributed by atoms with van der Waals surface area (Å²) in [6, 6.07) is 30.1. The highest BCUT2D eigenvalue weighted by atomic mass is 32.2. The molecule has 31 heavy (non-hydrogen) atoms. The summed E-state index contributed by atoms with van der Waals surface area (Å²) >= 11 is 1.31. The van der Waals surface area contributed by atoms with Crippen molar-refractivity contribution in [3.63, 3.8) is 0 Å². The van der Waals surface area contributed by atoms with Gasteiger partial charge in [0.2, 0.25) is 0 Å². The largest absolute Gasteiger partial charge is 0.318 e. The molecule has 0 saturated carbocycles. The lowest BCUT2D eigenvalue weighted by Crippen LogP contribution is -2.20. The minimum atomic E-state index is -2.74. The normalized spacial score (nSPS) is 15.1. The average molecular weight is 448 g/mol. The number of thioether (sulfide) groups is 1. The molecule has 1 N–H and O–H groups in total. The van der Waals surface area contributed by atoms with Crippen LogP contribution in [0.5, 0.6) is 0 Å². The van der Waals surface area contributed by atoms with Gasteiger partial charge in [-0.15, -0.1) is 0 Å². The van der Waals surface area contributed by atoms with Crippen LogP contribution in [0, 0.1) is 5.16 Å². The molecule has 1 fully saturated rings. The van der Waals surface area contributed by atoms with E-state index in [1.807, 2.05) is 91.0 Å². The van der Waals surface area contributed by atoms with Gasteiger partial charge in [0.25, 0.3) is 0 Å². The summed E-state index contributed by atoms with van der Waals surface area (Å²) < 4.78 is 4.30. The van der Waals surface area contributed by atoms with E-state index in [-0.39, 0.29) is 11.5 Å². The molecular weight excluding hydrogens is 421 g/mol. The van der Waals surface area contributed by atoms with Gasteiger partial charge in [-0.25, -0.2) is 0 Å². The standard InChI is InChI=1S/C25H26N3OPS/c1-21(19-25(29)31-20-22-11-5-2-6-12-22)30(26)27(23-13-7-3-8-14-23)17-18-28(30)24-15-9-4-10-16-24/h2-16,26H,1,17-20H2. The average Bonchev–Trinajstić information content (AvgIpc) is 3.18. The second kappa shape index (κ2) is 9.59. The van der Waals surface area contributed by atoms with E-state index in [0.717, 1.165) is 30.0 Å². The number of rotatable bonds is 7. The molecule has 1 aliphatic rings. The minimum absolute atomic E-state index is 0.0633. The van der Waals surface area contributed by atoms with Gasteiger partial charge in [-0.3, -0.25) is 9.96 Å². The first-order chi connectivity index (χ1) is 15.1. The molecule has 0 amide bonds. The smallest absolute Gasteiger partial charge is 0.193 e. The topological polar surface area (TPSA) is 47.4 Å². The van der Waals surface area contributed by atoms with E-state index >= 15 is 0 Å². The monoisotopic (exact) mass is 447 g/mol. The third-order valence-electron chi connectivity index (χ3n) is 5.36. The summed E-state index contributed by atoms with van der Waals surface area (Å²) in [6.45, 7) is 5.77. The lowest BCUT2D eigenvalue weighted by Gasteiger charge is -2.37. The van der Waals surface area contributed by atoms with Crippen LogP contribution in [0.4, 0.5) is 11.4 Å². The number of carbonyl (C=O) groups excluding carboxylic acids is 1. The van der Waals surface area contributed by atoms with Gasteiger partial charge >= 0.3 is 0 Å². The molecule has 1 saturated heterocycles. The van der Waals surface area contributed by atoms with Gasteiger partial charge in [-0.2, -0.15) is 0 Å². The van der Waals surface area contributed by atoms with Crippen molar-refractivity contribution in [1.29, 1.82) is 5.16 Å². The van der Waals surface area contributed by atoms with Gasteiger partial charge in [-0.1, -0.05) is 85.1 Å². The molecule has 0 bridgehead atoms. The highest BCUT2D eigenvalue weighted by Gasteiger charge is 2.41. The Kier molecular flexibility index (Phi) is 6.64. The Labute approximate surface area is 188 Å².